The average molecular weight is 325 g/mol. The molecule has 4 nitrogen and oxygen atoms in total. The minimum absolute atomic E-state index is 0.0684. The van der Waals surface area contributed by atoms with Crippen molar-refractivity contribution in [1.82, 2.24) is 4.31 Å². The maximum absolute atomic E-state index is 13.0. The highest BCUT2D eigenvalue weighted by molar-refractivity contribution is 7.89. The molecule has 1 heterocycles. The van der Waals surface area contributed by atoms with Crippen LogP contribution in [-0.4, -0.2) is 39.0 Å². The van der Waals surface area contributed by atoms with Crippen molar-refractivity contribution in [3.05, 3.63) is 29.3 Å². The average Bonchev–Trinajstić information content (AvgIpc) is 2.46. The van der Waals surface area contributed by atoms with E-state index in [0.717, 1.165) is 24.0 Å². The minimum Gasteiger partial charge on any atom is -0.381 e. The van der Waals surface area contributed by atoms with Gasteiger partial charge in [-0.05, 0) is 42.4 Å². The summed E-state index contributed by atoms with van der Waals surface area (Å²) in [7, 11) is -1.74. The summed E-state index contributed by atoms with van der Waals surface area (Å²) in [4.78, 5) is 0.441. The second kappa shape index (κ2) is 6.30. The zero-order valence-corrected chi connectivity index (χ0v) is 15.0. The Balaban J connectivity index is 2.34. The molecular formula is C17H27NO3S. The van der Waals surface area contributed by atoms with Crippen molar-refractivity contribution in [3.8, 4) is 0 Å². The molecule has 0 atom stereocenters. The summed E-state index contributed by atoms with van der Waals surface area (Å²) in [5.41, 5.74) is 1.78. The van der Waals surface area contributed by atoms with Crippen LogP contribution in [0.1, 0.15) is 44.7 Å². The van der Waals surface area contributed by atoms with Crippen molar-refractivity contribution in [2.45, 2.75) is 57.0 Å². The van der Waals surface area contributed by atoms with Crippen LogP contribution in [0.4, 0.5) is 0 Å². The Morgan fingerprint density at radius 3 is 2.27 bits per heavy atom. The summed E-state index contributed by atoms with van der Waals surface area (Å²) < 4.78 is 32.9. The number of rotatable bonds is 3. The Kier molecular flexibility index (Phi) is 5.00. The van der Waals surface area contributed by atoms with E-state index in [0.29, 0.717) is 18.0 Å². The molecule has 0 unspecified atom stereocenters. The van der Waals surface area contributed by atoms with E-state index >= 15 is 0 Å². The van der Waals surface area contributed by atoms with Crippen molar-refractivity contribution in [3.63, 3.8) is 0 Å². The smallest absolute Gasteiger partial charge is 0.243 e. The lowest BCUT2D eigenvalue weighted by atomic mass is 9.87. The third kappa shape index (κ3) is 3.53. The molecule has 1 saturated heterocycles. The van der Waals surface area contributed by atoms with Crippen LogP contribution in [0.15, 0.2) is 23.1 Å². The van der Waals surface area contributed by atoms with Gasteiger partial charge in [0.05, 0.1) is 11.0 Å². The summed E-state index contributed by atoms with van der Waals surface area (Å²) >= 11 is 0. The fourth-order valence-corrected chi connectivity index (χ4v) is 4.51. The lowest BCUT2D eigenvalue weighted by molar-refractivity contribution is 0.0604. The van der Waals surface area contributed by atoms with E-state index in [1.54, 1.807) is 11.4 Å². The number of benzene rings is 1. The van der Waals surface area contributed by atoms with Gasteiger partial charge in [0.2, 0.25) is 10.0 Å². The molecule has 0 saturated carbocycles. The van der Waals surface area contributed by atoms with Gasteiger partial charge in [0.15, 0.2) is 0 Å². The first-order valence-electron chi connectivity index (χ1n) is 7.80. The molecule has 0 radical (unpaired) electrons. The van der Waals surface area contributed by atoms with Gasteiger partial charge >= 0.3 is 0 Å². The molecule has 124 valence electrons. The van der Waals surface area contributed by atoms with Gasteiger partial charge in [-0.3, -0.25) is 0 Å². The predicted molar refractivity (Wildman–Crippen MR) is 88.7 cm³/mol. The first kappa shape index (κ1) is 17.4. The molecule has 0 aromatic heterocycles. The maximum Gasteiger partial charge on any atom is 0.243 e. The Bertz CT molecular complexity index is 624. The standard InChI is InChI=1S/C17H27NO3S/c1-13-6-7-14(17(2,3)4)12-16(13)22(19,20)18-10-8-15(21-5)9-11-18/h6-7,12,15H,8-11H2,1-5H3. The van der Waals surface area contributed by atoms with Crippen LogP contribution >= 0.6 is 0 Å². The minimum atomic E-state index is -3.43. The Morgan fingerprint density at radius 1 is 1.18 bits per heavy atom. The Labute approximate surface area is 134 Å². The van der Waals surface area contributed by atoms with Crippen LogP contribution in [0.25, 0.3) is 0 Å². The summed E-state index contributed by atoms with van der Waals surface area (Å²) in [6.45, 7) is 9.20. The van der Waals surface area contributed by atoms with Gasteiger partial charge in [0.1, 0.15) is 0 Å². The van der Waals surface area contributed by atoms with Gasteiger partial charge in [0.25, 0.3) is 0 Å². The number of piperidine rings is 1. The van der Waals surface area contributed by atoms with E-state index in [1.165, 1.54) is 0 Å². The molecule has 5 heteroatoms. The summed E-state index contributed by atoms with van der Waals surface area (Å²) in [5, 5.41) is 0. The second-order valence-electron chi connectivity index (χ2n) is 7.07. The fraction of sp³-hybridized carbons (Fsp3) is 0.647. The van der Waals surface area contributed by atoms with Gasteiger partial charge in [-0.25, -0.2) is 8.42 Å². The van der Waals surface area contributed by atoms with Gasteiger partial charge in [-0.1, -0.05) is 32.9 Å². The van der Waals surface area contributed by atoms with Crippen molar-refractivity contribution in [2.24, 2.45) is 0 Å². The van der Waals surface area contributed by atoms with E-state index in [1.807, 2.05) is 25.1 Å². The molecule has 1 aliphatic heterocycles. The number of sulfonamides is 1. The monoisotopic (exact) mass is 325 g/mol. The van der Waals surface area contributed by atoms with Gasteiger partial charge < -0.3 is 4.74 Å². The quantitative estimate of drug-likeness (QED) is 0.858. The predicted octanol–water partition coefficient (Wildman–Crippen LogP) is 3.09. The molecule has 1 aromatic rings. The molecule has 2 rings (SSSR count). The van der Waals surface area contributed by atoms with E-state index in [-0.39, 0.29) is 11.5 Å². The van der Waals surface area contributed by atoms with Gasteiger partial charge in [-0.2, -0.15) is 4.31 Å². The highest BCUT2D eigenvalue weighted by atomic mass is 32.2. The summed E-state index contributed by atoms with van der Waals surface area (Å²) in [5.74, 6) is 0. The van der Waals surface area contributed by atoms with Gasteiger partial charge in [-0.15, -0.1) is 0 Å². The molecule has 22 heavy (non-hydrogen) atoms. The first-order valence-corrected chi connectivity index (χ1v) is 9.24. The maximum atomic E-state index is 13.0. The topological polar surface area (TPSA) is 46.6 Å². The van der Waals surface area contributed by atoms with Crippen LogP contribution in [-0.2, 0) is 20.2 Å². The van der Waals surface area contributed by atoms with Crippen LogP contribution in [0.2, 0.25) is 0 Å². The number of nitrogens with zero attached hydrogens (tertiary/aromatic N) is 1. The summed E-state index contributed by atoms with van der Waals surface area (Å²) in [6.07, 6.45) is 1.69. The summed E-state index contributed by atoms with van der Waals surface area (Å²) in [6, 6.07) is 5.77. The van der Waals surface area contributed by atoms with E-state index in [2.05, 4.69) is 20.8 Å². The number of hydrogen-bond donors (Lipinski definition) is 0. The number of hydrogen-bond acceptors (Lipinski definition) is 3. The zero-order chi connectivity index (χ0) is 16.5. The third-order valence-electron chi connectivity index (χ3n) is 4.41. The highest BCUT2D eigenvalue weighted by Gasteiger charge is 2.31. The molecule has 0 N–H and O–H groups in total. The Hall–Kier alpha value is -0.910. The molecule has 1 aliphatic rings. The molecule has 0 aliphatic carbocycles. The van der Waals surface area contributed by atoms with E-state index in [9.17, 15) is 8.42 Å². The van der Waals surface area contributed by atoms with Crippen LogP contribution in [0, 0.1) is 6.92 Å². The largest absolute Gasteiger partial charge is 0.381 e. The zero-order valence-electron chi connectivity index (χ0n) is 14.2. The van der Waals surface area contributed by atoms with Crippen LogP contribution in [0.5, 0.6) is 0 Å². The first-order chi connectivity index (χ1) is 10.2. The Morgan fingerprint density at radius 2 is 1.77 bits per heavy atom. The lowest BCUT2D eigenvalue weighted by Gasteiger charge is -2.31. The van der Waals surface area contributed by atoms with Crippen molar-refractivity contribution in [2.75, 3.05) is 20.2 Å². The molecule has 0 spiro atoms. The van der Waals surface area contributed by atoms with E-state index in [4.69, 9.17) is 4.74 Å². The normalized spacial score (nSPS) is 18.6. The van der Waals surface area contributed by atoms with Crippen molar-refractivity contribution >= 4 is 10.0 Å². The second-order valence-corrected chi connectivity index (χ2v) is 8.98. The molecule has 0 bridgehead atoms. The molecule has 1 fully saturated rings. The van der Waals surface area contributed by atoms with E-state index < -0.39 is 10.0 Å². The molecule has 1 aromatic carbocycles. The van der Waals surface area contributed by atoms with Crippen LogP contribution < -0.4 is 0 Å². The third-order valence-corrected chi connectivity index (χ3v) is 6.45. The molecular weight excluding hydrogens is 298 g/mol. The highest BCUT2D eigenvalue weighted by Crippen LogP contribution is 2.29. The van der Waals surface area contributed by atoms with Crippen LogP contribution in [0.3, 0.4) is 0 Å². The lowest BCUT2D eigenvalue weighted by Crippen LogP contribution is -2.40. The number of aryl methyl sites for hydroxylation is 1. The van der Waals surface area contributed by atoms with Crippen molar-refractivity contribution < 1.29 is 13.2 Å². The SMILES string of the molecule is COC1CCN(S(=O)(=O)c2cc(C(C)(C)C)ccc2C)CC1. The van der Waals surface area contributed by atoms with Gasteiger partial charge in [0, 0.05) is 20.2 Å². The van der Waals surface area contributed by atoms with Crippen molar-refractivity contribution in [1.29, 1.82) is 0 Å². The number of ether oxygens (including phenoxy) is 1. The fourth-order valence-electron chi connectivity index (χ4n) is 2.79. The number of methoxy groups -OCH3 is 1. The molecule has 0 amide bonds.